The van der Waals surface area contributed by atoms with Crippen molar-refractivity contribution in [2.45, 2.75) is 12.3 Å². The second-order valence-electron chi connectivity index (χ2n) is 7.81. The summed E-state index contributed by atoms with van der Waals surface area (Å²) >= 11 is 6.09. The Morgan fingerprint density at radius 1 is 1.03 bits per heavy atom. The van der Waals surface area contributed by atoms with Crippen molar-refractivity contribution in [3.8, 4) is 0 Å². The van der Waals surface area contributed by atoms with E-state index in [-0.39, 0.29) is 18.5 Å². The number of aliphatic hydroxyl groups is 1. The summed E-state index contributed by atoms with van der Waals surface area (Å²) in [6.45, 7) is -0.0321. The molecule has 1 unspecified atom stereocenters. The van der Waals surface area contributed by atoms with Crippen LogP contribution in [0, 0.1) is 0 Å². The molecule has 1 heterocycles. The number of benzene rings is 3. The Morgan fingerprint density at radius 2 is 1.85 bits per heavy atom. The number of ether oxygens (including phenoxy) is 1. The van der Waals surface area contributed by atoms with Crippen molar-refractivity contribution >= 4 is 40.6 Å². The molecular weight excluding hydrogens is 434 g/mol. The lowest BCUT2D eigenvalue weighted by molar-refractivity contribution is 0.0599. The molecule has 4 rings (SSSR count). The lowest BCUT2D eigenvalue weighted by Crippen LogP contribution is -2.12. The molecular formula is C28H24ClNO3. The fraction of sp³-hybridized carbons (Fsp3) is 0.143. The number of methoxy groups -OCH3 is 1. The lowest BCUT2D eigenvalue weighted by atomic mass is 9.89. The van der Waals surface area contributed by atoms with Crippen molar-refractivity contribution in [1.29, 1.82) is 0 Å². The molecule has 33 heavy (non-hydrogen) atoms. The van der Waals surface area contributed by atoms with Crippen LogP contribution in [0.5, 0.6) is 0 Å². The van der Waals surface area contributed by atoms with Crippen molar-refractivity contribution in [3.05, 3.63) is 112 Å². The molecule has 4 nitrogen and oxygen atoms in total. The third kappa shape index (κ3) is 5.48. The van der Waals surface area contributed by atoms with Gasteiger partial charge < -0.3 is 9.84 Å². The van der Waals surface area contributed by atoms with Crippen LogP contribution < -0.4 is 0 Å². The maximum atomic E-state index is 12.1. The van der Waals surface area contributed by atoms with Crippen LogP contribution in [0.25, 0.3) is 23.1 Å². The van der Waals surface area contributed by atoms with E-state index in [1.54, 1.807) is 6.07 Å². The van der Waals surface area contributed by atoms with Crippen LogP contribution in [0.15, 0.2) is 78.9 Å². The molecule has 0 aliphatic heterocycles. The van der Waals surface area contributed by atoms with Gasteiger partial charge in [0.2, 0.25) is 0 Å². The van der Waals surface area contributed by atoms with Gasteiger partial charge >= 0.3 is 5.97 Å². The molecule has 0 fully saturated rings. The van der Waals surface area contributed by atoms with Crippen molar-refractivity contribution in [2.24, 2.45) is 0 Å². The van der Waals surface area contributed by atoms with E-state index in [9.17, 15) is 9.90 Å². The Bertz CT molecular complexity index is 1320. The van der Waals surface area contributed by atoms with E-state index in [2.05, 4.69) is 11.1 Å². The number of carbonyl (C=O) groups excluding carboxylic acids is 1. The van der Waals surface area contributed by atoms with Crippen molar-refractivity contribution in [1.82, 2.24) is 4.98 Å². The van der Waals surface area contributed by atoms with Crippen LogP contribution in [-0.4, -0.2) is 29.8 Å². The number of aromatic nitrogens is 1. The number of hydrogen-bond donors (Lipinski definition) is 1. The third-order valence-electron chi connectivity index (χ3n) is 5.61. The maximum Gasteiger partial charge on any atom is 0.338 e. The smallest absolute Gasteiger partial charge is 0.338 e. The van der Waals surface area contributed by atoms with E-state index < -0.39 is 0 Å². The summed E-state index contributed by atoms with van der Waals surface area (Å²) in [5, 5.41) is 11.8. The Kier molecular flexibility index (Phi) is 7.18. The summed E-state index contributed by atoms with van der Waals surface area (Å²) in [5.41, 5.74) is 5.06. The molecule has 0 aliphatic rings. The average molecular weight is 458 g/mol. The van der Waals surface area contributed by atoms with Gasteiger partial charge in [0.05, 0.1) is 30.5 Å². The molecule has 0 saturated heterocycles. The number of carbonyl (C=O) groups is 1. The van der Waals surface area contributed by atoms with E-state index in [0.717, 1.165) is 33.3 Å². The molecule has 0 bridgehead atoms. The van der Waals surface area contributed by atoms with Crippen LogP contribution in [-0.2, 0) is 11.2 Å². The first-order chi connectivity index (χ1) is 16.1. The molecule has 3 aromatic carbocycles. The fourth-order valence-electron chi connectivity index (χ4n) is 3.86. The predicted molar refractivity (Wildman–Crippen MR) is 133 cm³/mol. The molecule has 0 saturated carbocycles. The van der Waals surface area contributed by atoms with Gasteiger partial charge in [0, 0.05) is 16.3 Å². The molecule has 1 atom stereocenters. The summed E-state index contributed by atoms with van der Waals surface area (Å²) in [6.07, 6.45) is 4.49. The van der Waals surface area contributed by atoms with Crippen molar-refractivity contribution in [2.75, 3.05) is 13.7 Å². The van der Waals surface area contributed by atoms with Gasteiger partial charge in [0.1, 0.15) is 0 Å². The van der Waals surface area contributed by atoms with E-state index in [1.807, 2.05) is 78.9 Å². The quantitative estimate of drug-likeness (QED) is 0.337. The first-order valence-electron chi connectivity index (χ1n) is 10.7. The van der Waals surface area contributed by atoms with Crippen LogP contribution in [0.4, 0.5) is 0 Å². The minimum absolute atomic E-state index is 0.0321. The van der Waals surface area contributed by atoms with Gasteiger partial charge in [-0.05, 0) is 53.5 Å². The SMILES string of the molecule is COC(=O)c1ccccc1CC(CO)c1cccc(C=Cc2ccc3ccc(Cl)cc3n2)c1. The lowest BCUT2D eigenvalue weighted by Gasteiger charge is -2.17. The topological polar surface area (TPSA) is 59.4 Å². The number of pyridine rings is 1. The molecule has 4 aromatic rings. The average Bonchev–Trinajstić information content (AvgIpc) is 2.85. The summed E-state index contributed by atoms with van der Waals surface area (Å²) in [4.78, 5) is 16.8. The van der Waals surface area contributed by atoms with Gasteiger partial charge in [0.15, 0.2) is 0 Å². The van der Waals surface area contributed by atoms with Crippen LogP contribution >= 0.6 is 11.6 Å². The zero-order valence-corrected chi connectivity index (χ0v) is 19.0. The number of hydrogen-bond acceptors (Lipinski definition) is 4. The van der Waals surface area contributed by atoms with E-state index in [0.29, 0.717) is 17.0 Å². The number of aliphatic hydroxyl groups excluding tert-OH is 1. The summed E-state index contributed by atoms with van der Waals surface area (Å²) in [6, 6.07) is 25.0. The highest BCUT2D eigenvalue weighted by atomic mass is 35.5. The number of halogens is 1. The van der Waals surface area contributed by atoms with Crippen LogP contribution in [0.3, 0.4) is 0 Å². The highest BCUT2D eigenvalue weighted by molar-refractivity contribution is 6.31. The summed E-state index contributed by atoms with van der Waals surface area (Å²) < 4.78 is 4.90. The van der Waals surface area contributed by atoms with Crippen LogP contribution in [0.1, 0.15) is 38.7 Å². The third-order valence-corrected chi connectivity index (χ3v) is 5.85. The van der Waals surface area contributed by atoms with E-state index >= 15 is 0 Å². The summed E-state index contributed by atoms with van der Waals surface area (Å²) in [7, 11) is 1.37. The molecule has 0 spiro atoms. The van der Waals surface area contributed by atoms with Gasteiger partial charge in [0.25, 0.3) is 0 Å². The monoisotopic (exact) mass is 457 g/mol. The second kappa shape index (κ2) is 10.4. The number of fused-ring (bicyclic) bond motifs is 1. The number of rotatable bonds is 7. The minimum Gasteiger partial charge on any atom is -0.465 e. The predicted octanol–water partition coefficient (Wildman–Crippen LogP) is 6.16. The van der Waals surface area contributed by atoms with Crippen molar-refractivity contribution < 1.29 is 14.6 Å². The molecule has 0 amide bonds. The molecule has 0 radical (unpaired) electrons. The molecule has 166 valence electrons. The summed E-state index contributed by atoms with van der Waals surface area (Å²) in [5.74, 6) is -0.520. The highest BCUT2D eigenvalue weighted by Gasteiger charge is 2.17. The molecule has 0 aliphatic carbocycles. The minimum atomic E-state index is -0.372. The van der Waals surface area contributed by atoms with Gasteiger partial charge in [-0.25, -0.2) is 9.78 Å². The van der Waals surface area contributed by atoms with Gasteiger partial charge in [-0.1, -0.05) is 72.3 Å². The Labute approximate surface area is 198 Å². The first-order valence-corrected chi connectivity index (χ1v) is 11.1. The normalized spacial score (nSPS) is 12.2. The number of nitrogens with zero attached hydrogens (tertiary/aromatic N) is 1. The second-order valence-corrected chi connectivity index (χ2v) is 8.25. The van der Waals surface area contributed by atoms with Crippen molar-refractivity contribution in [3.63, 3.8) is 0 Å². The first kappa shape index (κ1) is 22.7. The van der Waals surface area contributed by atoms with E-state index in [1.165, 1.54) is 7.11 Å². The van der Waals surface area contributed by atoms with Gasteiger partial charge in [-0.15, -0.1) is 0 Å². The maximum absolute atomic E-state index is 12.1. The number of esters is 1. The van der Waals surface area contributed by atoms with Gasteiger partial charge in [-0.3, -0.25) is 0 Å². The fourth-order valence-corrected chi connectivity index (χ4v) is 4.02. The molecule has 1 N–H and O–H groups in total. The highest BCUT2D eigenvalue weighted by Crippen LogP contribution is 2.25. The largest absolute Gasteiger partial charge is 0.465 e. The van der Waals surface area contributed by atoms with E-state index in [4.69, 9.17) is 16.3 Å². The van der Waals surface area contributed by atoms with Crippen LogP contribution in [0.2, 0.25) is 5.02 Å². The Morgan fingerprint density at radius 3 is 2.67 bits per heavy atom. The standard InChI is InChI=1S/C28H24ClNO3/c1-33-28(32)26-8-3-2-6-22(26)16-23(18-31)21-7-4-5-19(15-21)9-13-25-14-11-20-10-12-24(29)17-27(20)30-25/h2-15,17,23,31H,16,18H2,1H3. The molecule has 5 heteroatoms. The zero-order valence-electron chi connectivity index (χ0n) is 18.2. The van der Waals surface area contributed by atoms with Gasteiger partial charge in [-0.2, -0.15) is 0 Å². The Hall–Kier alpha value is -3.47. The zero-order chi connectivity index (χ0) is 23.2. The Balaban J connectivity index is 1.56. The molecule has 1 aromatic heterocycles.